The molecule has 1 aliphatic heterocycles. The van der Waals surface area contributed by atoms with E-state index in [4.69, 9.17) is 4.74 Å². The first-order valence-electron chi connectivity index (χ1n) is 8.05. The van der Waals surface area contributed by atoms with Crippen molar-refractivity contribution in [3.63, 3.8) is 0 Å². The molecule has 0 atom stereocenters. The number of rotatable bonds is 6. The maximum absolute atomic E-state index is 6.23. The normalized spacial score (nSPS) is 30.7. The molecular formula is C16H31NO. The van der Waals surface area contributed by atoms with Crippen molar-refractivity contribution in [2.24, 2.45) is 11.8 Å². The summed E-state index contributed by atoms with van der Waals surface area (Å²) in [7, 11) is 0. The lowest BCUT2D eigenvalue weighted by Crippen LogP contribution is -2.42. The van der Waals surface area contributed by atoms with Gasteiger partial charge in [-0.05, 0) is 37.5 Å². The summed E-state index contributed by atoms with van der Waals surface area (Å²) in [5, 5.41) is 0. The minimum Gasteiger partial charge on any atom is -0.375 e. The second kappa shape index (κ2) is 6.91. The Kier molecular flexibility index (Phi) is 5.50. The van der Waals surface area contributed by atoms with E-state index in [-0.39, 0.29) is 0 Å². The highest BCUT2D eigenvalue weighted by molar-refractivity contribution is 4.82. The zero-order valence-electron chi connectivity index (χ0n) is 12.5. The summed E-state index contributed by atoms with van der Waals surface area (Å²) >= 11 is 0. The monoisotopic (exact) mass is 253 g/mol. The number of hydrogen-bond donors (Lipinski definition) is 0. The van der Waals surface area contributed by atoms with Crippen molar-refractivity contribution in [2.75, 3.05) is 19.6 Å². The number of likely N-dealkylation sites (tertiary alicyclic amines) is 1. The second-order valence-electron chi connectivity index (χ2n) is 6.78. The van der Waals surface area contributed by atoms with Crippen LogP contribution < -0.4 is 0 Å². The zero-order valence-corrected chi connectivity index (χ0v) is 12.5. The van der Waals surface area contributed by atoms with E-state index in [9.17, 15) is 0 Å². The van der Waals surface area contributed by atoms with Gasteiger partial charge in [-0.25, -0.2) is 0 Å². The number of nitrogens with zero attached hydrogens (tertiary/aromatic N) is 1. The largest absolute Gasteiger partial charge is 0.375 e. The van der Waals surface area contributed by atoms with Crippen molar-refractivity contribution >= 4 is 0 Å². The third-order valence-electron chi connectivity index (χ3n) is 4.43. The van der Waals surface area contributed by atoms with Crippen molar-refractivity contribution in [1.29, 1.82) is 0 Å². The molecule has 0 aromatic carbocycles. The average molecular weight is 253 g/mol. The molecule has 0 unspecified atom stereocenters. The molecule has 0 radical (unpaired) electrons. The fraction of sp³-hybridized carbons (Fsp3) is 1.00. The Morgan fingerprint density at radius 1 is 1.11 bits per heavy atom. The minimum absolute atomic E-state index is 0.556. The van der Waals surface area contributed by atoms with Gasteiger partial charge in [0.05, 0.1) is 12.2 Å². The molecule has 1 saturated heterocycles. The molecule has 1 saturated carbocycles. The Morgan fingerprint density at radius 2 is 1.78 bits per heavy atom. The molecule has 2 nitrogen and oxygen atoms in total. The van der Waals surface area contributed by atoms with Gasteiger partial charge in [0.1, 0.15) is 0 Å². The van der Waals surface area contributed by atoms with Crippen molar-refractivity contribution < 1.29 is 4.74 Å². The summed E-state index contributed by atoms with van der Waals surface area (Å²) in [5.74, 6) is 1.77. The highest BCUT2D eigenvalue weighted by Gasteiger charge is 2.32. The molecule has 0 N–H and O–H groups in total. The third-order valence-corrected chi connectivity index (χ3v) is 4.43. The smallest absolute Gasteiger partial charge is 0.0603 e. The maximum atomic E-state index is 6.23. The van der Waals surface area contributed by atoms with Gasteiger partial charge in [-0.15, -0.1) is 0 Å². The van der Waals surface area contributed by atoms with Crippen LogP contribution in [0.2, 0.25) is 0 Å². The fourth-order valence-corrected chi connectivity index (χ4v) is 3.45. The fourth-order valence-electron chi connectivity index (χ4n) is 3.45. The van der Waals surface area contributed by atoms with Crippen LogP contribution in [0.25, 0.3) is 0 Å². The second-order valence-corrected chi connectivity index (χ2v) is 6.78. The summed E-state index contributed by atoms with van der Waals surface area (Å²) in [6.07, 6.45) is 9.07. The van der Waals surface area contributed by atoms with Crippen LogP contribution in [0.1, 0.15) is 59.3 Å². The van der Waals surface area contributed by atoms with Gasteiger partial charge in [-0.3, -0.25) is 0 Å². The minimum atomic E-state index is 0.556. The molecule has 0 spiro atoms. The first kappa shape index (κ1) is 14.3. The number of piperidine rings is 1. The highest BCUT2D eigenvalue weighted by Crippen LogP contribution is 2.35. The molecule has 18 heavy (non-hydrogen) atoms. The zero-order chi connectivity index (χ0) is 13.0. The van der Waals surface area contributed by atoms with Crippen LogP contribution in [-0.4, -0.2) is 36.7 Å². The molecule has 0 aromatic heterocycles. The van der Waals surface area contributed by atoms with E-state index in [0.717, 1.165) is 11.8 Å². The number of hydrogen-bond acceptors (Lipinski definition) is 2. The van der Waals surface area contributed by atoms with E-state index in [0.29, 0.717) is 12.2 Å². The van der Waals surface area contributed by atoms with Gasteiger partial charge in [0.15, 0.2) is 0 Å². The highest BCUT2D eigenvalue weighted by atomic mass is 16.5. The molecule has 1 aliphatic carbocycles. The van der Waals surface area contributed by atoms with Crippen molar-refractivity contribution in [3.8, 4) is 0 Å². The van der Waals surface area contributed by atoms with Gasteiger partial charge >= 0.3 is 0 Å². The lowest BCUT2D eigenvalue weighted by molar-refractivity contribution is -0.0952. The average Bonchev–Trinajstić information content (AvgIpc) is 2.28. The summed E-state index contributed by atoms with van der Waals surface area (Å²) in [5.41, 5.74) is 0. The van der Waals surface area contributed by atoms with Crippen LogP contribution in [-0.2, 0) is 4.74 Å². The van der Waals surface area contributed by atoms with E-state index < -0.39 is 0 Å². The van der Waals surface area contributed by atoms with Crippen LogP contribution in [0.15, 0.2) is 0 Å². The molecule has 106 valence electrons. The Bertz CT molecular complexity index is 227. The first-order valence-corrected chi connectivity index (χ1v) is 8.05. The molecule has 2 aliphatic rings. The van der Waals surface area contributed by atoms with Crippen LogP contribution in [0, 0.1) is 11.8 Å². The van der Waals surface area contributed by atoms with Gasteiger partial charge < -0.3 is 9.64 Å². The van der Waals surface area contributed by atoms with E-state index in [1.807, 2.05) is 0 Å². The molecule has 0 amide bonds. The summed E-state index contributed by atoms with van der Waals surface area (Å²) in [6.45, 7) is 10.7. The predicted molar refractivity (Wildman–Crippen MR) is 76.8 cm³/mol. The maximum Gasteiger partial charge on any atom is 0.0603 e. The van der Waals surface area contributed by atoms with Gasteiger partial charge in [-0.1, -0.05) is 33.6 Å². The standard InChI is InChI=1S/C16H31NO/c1-4-5-14-10-16(11-14)18-15-6-8-17(9-7-15)12-13(2)3/h13-16H,4-12H2,1-3H3/t14-,16-. The van der Waals surface area contributed by atoms with Gasteiger partial charge in [0.25, 0.3) is 0 Å². The topological polar surface area (TPSA) is 12.5 Å². The first-order chi connectivity index (χ1) is 8.67. The summed E-state index contributed by atoms with van der Waals surface area (Å²) in [6, 6.07) is 0. The summed E-state index contributed by atoms with van der Waals surface area (Å²) in [4.78, 5) is 2.60. The lowest BCUT2D eigenvalue weighted by Gasteiger charge is -2.40. The lowest BCUT2D eigenvalue weighted by atomic mass is 9.79. The molecule has 0 aromatic rings. The number of ether oxygens (including phenoxy) is 1. The van der Waals surface area contributed by atoms with Gasteiger partial charge in [0, 0.05) is 19.6 Å². The molecule has 1 heterocycles. The predicted octanol–water partition coefficient (Wildman–Crippen LogP) is 3.70. The molecule has 2 heteroatoms. The quantitative estimate of drug-likeness (QED) is 0.715. The Labute approximate surface area is 113 Å². The van der Waals surface area contributed by atoms with Crippen molar-refractivity contribution in [2.45, 2.75) is 71.5 Å². The van der Waals surface area contributed by atoms with Crippen molar-refractivity contribution in [1.82, 2.24) is 4.90 Å². The van der Waals surface area contributed by atoms with Gasteiger partial charge in [0.2, 0.25) is 0 Å². The Balaban J connectivity index is 1.57. The molecule has 0 bridgehead atoms. The molecule has 2 fully saturated rings. The van der Waals surface area contributed by atoms with E-state index in [1.54, 1.807) is 0 Å². The Morgan fingerprint density at radius 3 is 2.33 bits per heavy atom. The Hall–Kier alpha value is -0.0800. The van der Waals surface area contributed by atoms with Crippen LogP contribution in [0.5, 0.6) is 0 Å². The van der Waals surface area contributed by atoms with Crippen molar-refractivity contribution in [3.05, 3.63) is 0 Å². The van der Waals surface area contributed by atoms with Crippen LogP contribution in [0.4, 0.5) is 0 Å². The van der Waals surface area contributed by atoms with Crippen LogP contribution in [0.3, 0.4) is 0 Å². The van der Waals surface area contributed by atoms with E-state index in [1.165, 1.54) is 58.2 Å². The van der Waals surface area contributed by atoms with E-state index in [2.05, 4.69) is 25.7 Å². The van der Waals surface area contributed by atoms with Gasteiger partial charge in [-0.2, -0.15) is 0 Å². The molecular weight excluding hydrogens is 222 g/mol. The SMILES string of the molecule is CCC[C@H]1C[C@H](OC2CCN(CC(C)C)CC2)C1. The van der Waals surface area contributed by atoms with E-state index >= 15 is 0 Å². The summed E-state index contributed by atoms with van der Waals surface area (Å²) < 4.78 is 6.23. The van der Waals surface area contributed by atoms with Crippen LogP contribution >= 0.6 is 0 Å². The molecule has 2 rings (SSSR count). The third kappa shape index (κ3) is 4.24.